The molecule has 1 aromatic rings. The number of aliphatic hydroxyl groups excluding tert-OH is 1. The predicted octanol–water partition coefficient (Wildman–Crippen LogP) is 7.24. The van der Waals surface area contributed by atoms with Crippen LogP contribution in [-0.4, -0.2) is 32.7 Å². The van der Waals surface area contributed by atoms with Crippen LogP contribution < -0.4 is 0 Å². The summed E-state index contributed by atoms with van der Waals surface area (Å²) >= 11 is 0. The van der Waals surface area contributed by atoms with E-state index in [-0.39, 0.29) is 57.6 Å². The van der Waals surface area contributed by atoms with Crippen LogP contribution in [0.1, 0.15) is 118 Å². The van der Waals surface area contributed by atoms with Crippen LogP contribution in [0.15, 0.2) is 23.4 Å². The molecule has 0 aliphatic heterocycles. The average Bonchev–Trinajstić information content (AvgIpc) is 3.20. The van der Waals surface area contributed by atoms with E-state index in [0.29, 0.717) is 24.1 Å². The predicted molar refractivity (Wildman–Crippen MR) is 161 cm³/mol. The number of aliphatic hydroxyl groups is 1. The van der Waals surface area contributed by atoms with Crippen LogP contribution in [0.25, 0.3) is 0 Å². The van der Waals surface area contributed by atoms with Gasteiger partial charge in [0.05, 0.1) is 17.9 Å². The molecule has 0 saturated heterocycles. The fourth-order valence-electron chi connectivity index (χ4n) is 11.9. The Morgan fingerprint density at radius 3 is 2.39 bits per heavy atom. The average molecular weight is 561 g/mol. The molecule has 5 aliphatic carbocycles. The highest BCUT2D eigenvalue weighted by molar-refractivity contribution is 6.07. The molecule has 4 saturated carbocycles. The summed E-state index contributed by atoms with van der Waals surface area (Å²) < 4.78 is 0. The first-order valence-electron chi connectivity index (χ1n) is 16.4. The van der Waals surface area contributed by atoms with E-state index in [1.807, 2.05) is 13.0 Å². The summed E-state index contributed by atoms with van der Waals surface area (Å²) in [6.07, 6.45) is 10.3. The van der Waals surface area contributed by atoms with Crippen LogP contribution in [0.4, 0.5) is 0 Å². The number of ketones is 2. The molecule has 224 valence electrons. The molecule has 5 heteroatoms. The van der Waals surface area contributed by atoms with Crippen LogP contribution >= 0.6 is 0 Å². The van der Waals surface area contributed by atoms with E-state index in [1.54, 1.807) is 6.20 Å². The number of nitrogens with zero attached hydrogens (tertiary/aromatic N) is 2. The Hall–Kier alpha value is -1.88. The molecule has 0 spiro atoms. The second-order valence-electron chi connectivity index (χ2n) is 16.4. The van der Waals surface area contributed by atoms with Crippen molar-refractivity contribution in [3.05, 3.63) is 34.9 Å². The second kappa shape index (κ2) is 9.31. The molecule has 4 fully saturated rings. The lowest BCUT2D eigenvalue weighted by Crippen LogP contribution is -2.65. The fraction of sp³-hybridized carbons (Fsp3) is 0.778. The number of carbonyl (C=O) groups excluding carboxylic acids is 2. The molecule has 5 nitrogen and oxygen atoms in total. The molecule has 0 radical (unpaired) electrons. The number of carbonyl (C=O) groups is 2. The summed E-state index contributed by atoms with van der Waals surface area (Å²) in [7, 11) is 0. The number of fused-ring (bicyclic) bond motifs is 7. The van der Waals surface area contributed by atoms with E-state index in [0.717, 1.165) is 62.6 Å². The third-order valence-electron chi connectivity index (χ3n) is 14.1. The van der Waals surface area contributed by atoms with Crippen molar-refractivity contribution in [3.63, 3.8) is 0 Å². The molecule has 41 heavy (non-hydrogen) atoms. The van der Waals surface area contributed by atoms with E-state index in [4.69, 9.17) is 0 Å². The van der Waals surface area contributed by atoms with Crippen molar-refractivity contribution in [2.45, 2.75) is 126 Å². The van der Waals surface area contributed by atoms with Crippen molar-refractivity contribution in [1.29, 1.82) is 0 Å². The van der Waals surface area contributed by atoms with E-state index in [1.165, 1.54) is 5.57 Å². The van der Waals surface area contributed by atoms with Crippen molar-refractivity contribution in [2.75, 3.05) is 0 Å². The van der Waals surface area contributed by atoms with Crippen LogP contribution in [0.5, 0.6) is 0 Å². The number of Topliss-reactive ketones (excluding diaryl/α,β-unsaturated/α-hetero) is 2. The van der Waals surface area contributed by atoms with Gasteiger partial charge in [0.15, 0.2) is 11.6 Å². The van der Waals surface area contributed by atoms with E-state index in [9.17, 15) is 14.7 Å². The summed E-state index contributed by atoms with van der Waals surface area (Å²) in [6, 6.07) is 1.86. The maximum atomic E-state index is 14.4. The number of aryl methyl sites for hydroxylation is 1. The normalized spacial score (nSPS) is 43.3. The maximum Gasteiger partial charge on any atom is 0.160 e. The highest BCUT2D eigenvalue weighted by Crippen LogP contribution is 2.76. The third-order valence-corrected chi connectivity index (χ3v) is 14.1. The van der Waals surface area contributed by atoms with Gasteiger partial charge in [-0.25, -0.2) is 9.97 Å². The Bertz CT molecular complexity index is 1310. The highest BCUT2D eigenvalue weighted by atomic mass is 16.3. The number of hydrogen-bond donors (Lipinski definition) is 1. The Kier molecular flexibility index (Phi) is 6.63. The lowest BCUT2D eigenvalue weighted by atomic mass is 9.33. The molecular weight excluding hydrogens is 508 g/mol. The van der Waals surface area contributed by atoms with Crippen molar-refractivity contribution in [1.82, 2.24) is 9.97 Å². The fourth-order valence-corrected chi connectivity index (χ4v) is 11.9. The molecule has 0 amide bonds. The molecule has 0 bridgehead atoms. The topological polar surface area (TPSA) is 80.1 Å². The quantitative estimate of drug-likeness (QED) is 0.420. The van der Waals surface area contributed by atoms with Crippen molar-refractivity contribution >= 4 is 11.6 Å². The first kappa shape index (κ1) is 29.2. The van der Waals surface area contributed by atoms with Gasteiger partial charge in [0.2, 0.25) is 0 Å². The minimum absolute atomic E-state index is 0.0355. The van der Waals surface area contributed by atoms with Crippen molar-refractivity contribution in [3.8, 4) is 0 Å². The summed E-state index contributed by atoms with van der Waals surface area (Å²) in [5.41, 5.74) is 2.66. The number of hydrogen-bond acceptors (Lipinski definition) is 5. The molecule has 1 aromatic heterocycles. The second-order valence-corrected chi connectivity index (χ2v) is 16.4. The van der Waals surface area contributed by atoms with Crippen molar-refractivity contribution < 1.29 is 14.7 Å². The van der Waals surface area contributed by atoms with Gasteiger partial charge in [-0.2, -0.15) is 0 Å². The molecule has 0 aromatic carbocycles. The molecule has 0 unspecified atom stereocenters. The van der Waals surface area contributed by atoms with Crippen LogP contribution in [-0.2, 0) is 16.0 Å². The monoisotopic (exact) mass is 560 g/mol. The zero-order valence-corrected chi connectivity index (χ0v) is 26.8. The largest absolute Gasteiger partial charge is 0.393 e. The first-order chi connectivity index (χ1) is 19.1. The van der Waals surface area contributed by atoms with Gasteiger partial charge in [0, 0.05) is 18.3 Å². The SMILES string of the molecule is Cc1ccnc(CC(=O)[C@@]23CC[C@]4(C)[C@H](CC[C@@H]5[C@@]6(C)CC[C@H](O)C(C)(C)[C@@H]6CC[C@]54C)C2=C(C(C)C)C(=O)C3)n1. The molecule has 1 N–H and O–H groups in total. The zero-order chi connectivity index (χ0) is 29.8. The zero-order valence-electron chi connectivity index (χ0n) is 26.8. The van der Waals surface area contributed by atoms with Crippen LogP contribution in [0.2, 0.25) is 0 Å². The lowest BCUT2D eigenvalue weighted by Gasteiger charge is -2.72. The summed E-state index contributed by atoms with van der Waals surface area (Å²) in [6.45, 7) is 18.5. The molecular formula is C36H52N2O3. The first-order valence-corrected chi connectivity index (χ1v) is 16.4. The van der Waals surface area contributed by atoms with Gasteiger partial charge in [-0.05, 0) is 121 Å². The highest BCUT2D eigenvalue weighted by Gasteiger charge is 2.70. The van der Waals surface area contributed by atoms with Gasteiger partial charge >= 0.3 is 0 Å². The number of allylic oxidation sites excluding steroid dienone is 2. The van der Waals surface area contributed by atoms with E-state index in [2.05, 4.69) is 58.4 Å². The summed E-state index contributed by atoms with van der Waals surface area (Å²) in [4.78, 5) is 37.2. The number of aromatic nitrogens is 2. The summed E-state index contributed by atoms with van der Waals surface area (Å²) in [5, 5.41) is 11.0. The third kappa shape index (κ3) is 3.82. The summed E-state index contributed by atoms with van der Waals surface area (Å²) in [5.74, 6) is 2.40. The van der Waals surface area contributed by atoms with Gasteiger partial charge in [0.1, 0.15) is 5.82 Å². The Morgan fingerprint density at radius 1 is 0.976 bits per heavy atom. The van der Waals surface area contributed by atoms with Gasteiger partial charge in [-0.1, -0.05) is 48.5 Å². The van der Waals surface area contributed by atoms with Crippen molar-refractivity contribution in [2.24, 2.45) is 50.7 Å². The Morgan fingerprint density at radius 2 is 1.71 bits per heavy atom. The molecule has 6 rings (SSSR count). The molecule has 1 heterocycles. The lowest BCUT2D eigenvalue weighted by molar-refractivity contribution is -0.228. The minimum atomic E-state index is -0.699. The molecule has 8 atom stereocenters. The van der Waals surface area contributed by atoms with Gasteiger partial charge in [0.25, 0.3) is 0 Å². The Balaban J connectivity index is 1.42. The molecule has 5 aliphatic rings. The van der Waals surface area contributed by atoms with Crippen LogP contribution in [0, 0.1) is 57.7 Å². The number of rotatable bonds is 4. The standard InChI is InChI=1S/C36H52N2O3/c1-21(2)30-24(39)20-36(28(41)19-29-37-18-13-22(3)38-29)17-16-34(7)23(31(30)36)9-10-26-33(6)14-12-27(40)32(4,5)25(33)11-15-35(26,34)8/h13,18,21,23,25-27,40H,9-12,14-17,19-20H2,1-8H3/t23-,25+,26-,27+,33+,34-,35-,36+/m1/s1. The van der Waals surface area contributed by atoms with Crippen LogP contribution in [0.3, 0.4) is 0 Å². The Labute approximate surface area is 247 Å². The van der Waals surface area contributed by atoms with Gasteiger partial charge in [-0.3, -0.25) is 9.59 Å². The minimum Gasteiger partial charge on any atom is -0.393 e. The van der Waals surface area contributed by atoms with Gasteiger partial charge < -0.3 is 5.11 Å². The smallest absolute Gasteiger partial charge is 0.160 e. The van der Waals surface area contributed by atoms with E-state index < -0.39 is 5.41 Å². The maximum absolute atomic E-state index is 14.4. The van der Waals surface area contributed by atoms with Gasteiger partial charge in [-0.15, -0.1) is 0 Å². The van der Waals surface area contributed by atoms with E-state index >= 15 is 0 Å².